The lowest BCUT2D eigenvalue weighted by Crippen LogP contribution is -2.20. The van der Waals surface area contributed by atoms with Crippen molar-refractivity contribution in [1.29, 1.82) is 0 Å². The summed E-state index contributed by atoms with van der Waals surface area (Å²) in [6.07, 6.45) is 6.85. The maximum atomic E-state index is 6.73. The van der Waals surface area contributed by atoms with E-state index in [9.17, 15) is 0 Å². The van der Waals surface area contributed by atoms with Crippen molar-refractivity contribution >= 4 is 61.6 Å². The number of hydrogen-bond acceptors (Lipinski definition) is 5. The van der Waals surface area contributed by atoms with Crippen LogP contribution in [0.25, 0.3) is 27.5 Å². The largest absolute Gasteiger partial charge is 0.456 e. The molecule has 4 aliphatic rings. The third-order valence-electron chi connectivity index (χ3n) is 10.9. The summed E-state index contributed by atoms with van der Waals surface area (Å²) in [6.45, 7) is 4.72. The Morgan fingerprint density at radius 3 is 2.30 bits per heavy atom. The van der Waals surface area contributed by atoms with Gasteiger partial charge in [-0.05, 0) is 102 Å². The van der Waals surface area contributed by atoms with E-state index in [1.54, 1.807) is 0 Å². The molecule has 0 atom stereocenters. The van der Waals surface area contributed by atoms with Crippen molar-refractivity contribution in [3.8, 4) is 23.0 Å². The Morgan fingerprint density at radius 2 is 1.38 bits per heavy atom. The standard InChI is InChI=1S/C45H32N2O3/c1-45(2)32-13-5-3-11-29(32)30-23-21-27(25-33(30)45)46(36-15-9-18-39-43(36)31-12-4-7-16-37(31)48-39)28-22-24-35-42(26-28)50-41-20-10-19-40-44(41)47(35)34-14-6-8-17-38(34)49-40/h4-10,12-26H,3,11H2,1-2H3. The van der Waals surface area contributed by atoms with E-state index in [1.165, 1.54) is 22.3 Å². The number of allylic oxidation sites excluding steroid dienone is 4. The van der Waals surface area contributed by atoms with Gasteiger partial charge >= 0.3 is 0 Å². The first-order valence-corrected chi connectivity index (χ1v) is 17.3. The molecular formula is C45H32N2O3. The predicted molar refractivity (Wildman–Crippen MR) is 202 cm³/mol. The average molecular weight is 649 g/mol. The lowest BCUT2D eigenvalue weighted by Gasteiger charge is -2.38. The third kappa shape index (κ3) is 3.72. The Kier molecular flexibility index (Phi) is 5.50. The van der Waals surface area contributed by atoms with E-state index in [1.807, 2.05) is 42.5 Å². The molecule has 0 amide bonds. The summed E-state index contributed by atoms with van der Waals surface area (Å²) in [5.41, 5.74) is 13.3. The molecule has 0 unspecified atom stereocenters. The first-order chi connectivity index (χ1) is 24.5. The number of furan rings is 1. The topological polar surface area (TPSA) is 38.1 Å². The Bertz CT molecular complexity index is 2660. The highest BCUT2D eigenvalue weighted by Gasteiger charge is 2.38. The normalized spacial score (nSPS) is 15.9. The van der Waals surface area contributed by atoms with Crippen molar-refractivity contribution in [2.24, 2.45) is 0 Å². The summed E-state index contributed by atoms with van der Waals surface area (Å²) in [5, 5.41) is 2.17. The van der Waals surface area contributed by atoms with E-state index in [0.717, 1.165) is 91.9 Å². The molecule has 2 aliphatic carbocycles. The molecular weight excluding hydrogens is 617 g/mol. The van der Waals surface area contributed by atoms with Gasteiger partial charge in [-0.2, -0.15) is 0 Å². The summed E-state index contributed by atoms with van der Waals surface area (Å²) >= 11 is 0. The summed E-state index contributed by atoms with van der Waals surface area (Å²) in [7, 11) is 0. The van der Waals surface area contributed by atoms with Crippen molar-refractivity contribution in [2.75, 3.05) is 9.80 Å². The summed E-state index contributed by atoms with van der Waals surface area (Å²) in [5.74, 6) is 3.14. The van der Waals surface area contributed by atoms with Crippen LogP contribution in [0.1, 0.15) is 37.8 Å². The van der Waals surface area contributed by atoms with Crippen LogP contribution in [0.5, 0.6) is 23.0 Å². The molecule has 1 aromatic heterocycles. The van der Waals surface area contributed by atoms with Crippen LogP contribution in [-0.2, 0) is 5.41 Å². The number of para-hydroxylation sites is 4. The number of anilines is 6. The van der Waals surface area contributed by atoms with E-state index >= 15 is 0 Å². The van der Waals surface area contributed by atoms with E-state index in [0.29, 0.717) is 0 Å². The molecule has 0 N–H and O–H groups in total. The van der Waals surface area contributed by atoms with Gasteiger partial charge in [0.25, 0.3) is 0 Å². The average Bonchev–Trinajstić information content (AvgIpc) is 3.64. The van der Waals surface area contributed by atoms with Crippen LogP contribution in [0.3, 0.4) is 0 Å². The van der Waals surface area contributed by atoms with Crippen LogP contribution in [0, 0.1) is 0 Å². The smallest absolute Gasteiger partial charge is 0.155 e. The zero-order valence-corrected chi connectivity index (χ0v) is 27.7. The van der Waals surface area contributed by atoms with Crippen LogP contribution in [-0.4, -0.2) is 0 Å². The number of benzene rings is 6. The second kappa shape index (κ2) is 9.93. The lowest BCUT2D eigenvalue weighted by molar-refractivity contribution is 0.446. The predicted octanol–water partition coefficient (Wildman–Crippen LogP) is 13.1. The molecule has 0 fully saturated rings. The lowest BCUT2D eigenvalue weighted by atomic mass is 9.80. The molecule has 3 heterocycles. The number of hydrogen-bond donors (Lipinski definition) is 0. The molecule has 50 heavy (non-hydrogen) atoms. The zero-order chi connectivity index (χ0) is 33.1. The Morgan fingerprint density at radius 1 is 0.660 bits per heavy atom. The van der Waals surface area contributed by atoms with E-state index < -0.39 is 0 Å². The van der Waals surface area contributed by atoms with Gasteiger partial charge in [0.2, 0.25) is 0 Å². The molecule has 0 radical (unpaired) electrons. The van der Waals surface area contributed by atoms with Crippen molar-refractivity contribution < 1.29 is 13.9 Å². The van der Waals surface area contributed by atoms with Crippen LogP contribution in [0.2, 0.25) is 0 Å². The van der Waals surface area contributed by atoms with Crippen molar-refractivity contribution in [1.82, 2.24) is 0 Å². The van der Waals surface area contributed by atoms with Crippen molar-refractivity contribution in [3.05, 3.63) is 150 Å². The Balaban J connectivity index is 1.14. The SMILES string of the molecule is CC1(C)C2=C(CCC=C2)c2ccc(N(c3ccc4c(c3)Oc3cccc5c3N4c3ccccc3O5)c3cccc4oc5ccccc5c34)cc21. The van der Waals surface area contributed by atoms with Gasteiger partial charge in [0.05, 0.1) is 28.1 Å². The molecule has 0 saturated heterocycles. The minimum atomic E-state index is -0.0955. The molecule has 240 valence electrons. The second-order valence-electron chi connectivity index (χ2n) is 14.0. The fourth-order valence-corrected chi connectivity index (χ4v) is 8.63. The molecule has 11 rings (SSSR count). The molecule has 2 aliphatic heterocycles. The Labute approximate surface area is 289 Å². The number of ether oxygens (including phenoxy) is 2. The van der Waals surface area contributed by atoms with Crippen LogP contribution in [0.15, 0.2) is 143 Å². The molecule has 6 aromatic carbocycles. The van der Waals surface area contributed by atoms with Crippen molar-refractivity contribution in [2.45, 2.75) is 32.1 Å². The van der Waals surface area contributed by atoms with E-state index in [2.05, 4.69) is 115 Å². The van der Waals surface area contributed by atoms with Crippen LogP contribution >= 0.6 is 0 Å². The van der Waals surface area contributed by atoms with Gasteiger partial charge in [0.1, 0.15) is 16.9 Å². The van der Waals surface area contributed by atoms with Crippen LogP contribution in [0.4, 0.5) is 34.1 Å². The van der Waals surface area contributed by atoms with Gasteiger partial charge in [-0.1, -0.05) is 74.5 Å². The molecule has 0 bridgehead atoms. The van der Waals surface area contributed by atoms with Gasteiger partial charge in [-0.3, -0.25) is 4.90 Å². The molecule has 5 nitrogen and oxygen atoms in total. The minimum Gasteiger partial charge on any atom is -0.456 e. The first kappa shape index (κ1) is 27.7. The fraction of sp³-hybridized carbons (Fsp3) is 0.111. The minimum absolute atomic E-state index is 0.0955. The molecule has 5 heteroatoms. The first-order valence-electron chi connectivity index (χ1n) is 17.3. The molecule has 0 spiro atoms. The summed E-state index contributed by atoms with van der Waals surface area (Å²) in [4.78, 5) is 4.64. The fourth-order valence-electron chi connectivity index (χ4n) is 8.63. The molecule has 7 aromatic rings. The Hall–Kier alpha value is -6.20. The van der Waals surface area contributed by atoms with E-state index in [4.69, 9.17) is 13.9 Å². The number of rotatable bonds is 3. The highest BCUT2D eigenvalue weighted by molar-refractivity contribution is 6.13. The van der Waals surface area contributed by atoms with Gasteiger partial charge in [0.15, 0.2) is 23.0 Å². The maximum Gasteiger partial charge on any atom is 0.155 e. The third-order valence-corrected chi connectivity index (χ3v) is 10.9. The zero-order valence-electron chi connectivity index (χ0n) is 27.7. The van der Waals surface area contributed by atoms with Gasteiger partial charge in [-0.15, -0.1) is 0 Å². The maximum absolute atomic E-state index is 6.73. The number of nitrogens with zero attached hydrogens (tertiary/aromatic N) is 2. The summed E-state index contributed by atoms with van der Waals surface area (Å²) < 4.78 is 19.5. The molecule has 0 saturated carbocycles. The van der Waals surface area contributed by atoms with Crippen molar-refractivity contribution in [3.63, 3.8) is 0 Å². The number of fused-ring (bicyclic) bond motifs is 9. The quantitative estimate of drug-likeness (QED) is 0.191. The van der Waals surface area contributed by atoms with Gasteiger partial charge in [-0.25, -0.2) is 0 Å². The highest BCUT2D eigenvalue weighted by Crippen LogP contribution is 2.60. The highest BCUT2D eigenvalue weighted by atomic mass is 16.5. The summed E-state index contributed by atoms with van der Waals surface area (Å²) in [6, 6.07) is 42.4. The monoisotopic (exact) mass is 648 g/mol. The second-order valence-corrected chi connectivity index (χ2v) is 14.0. The van der Waals surface area contributed by atoms with E-state index in [-0.39, 0.29) is 5.41 Å². The van der Waals surface area contributed by atoms with Crippen LogP contribution < -0.4 is 19.3 Å². The van der Waals surface area contributed by atoms with Gasteiger partial charge in [0, 0.05) is 22.6 Å². The van der Waals surface area contributed by atoms with Gasteiger partial charge < -0.3 is 18.8 Å².